The van der Waals surface area contributed by atoms with E-state index in [2.05, 4.69) is 46.9 Å². The molecule has 0 saturated heterocycles. The van der Waals surface area contributed by atoms with Crippen LogP contribution in [0, 0.1) is 5.92 Å². The average molecular weight is 185 g/mol. The quantitative estimate of drug-likeness (QED) is 0.667. The molecule has 0 rings (SSSR count). The van der Waals surface area contributed by atoms with Gasteiger partial charge < -0.3 is 5.32 Å². The first kappa shape index (κ1) is 13.0. The van der Waals surface area contributed by atoms with Crippen molar-refractivity contribution in [3.05, 3.63) is 0 Å². The SMILES string of the molecule is CCCC(C)CC(C)(C)NC(C)C. The molecule has 1 heteroatoms. The van der Waals surface area contributed by atoms with Gasteiger partial charge in [0.2, 0.25) is 0 Å². The zero-order chi connectivity index (χ0) is 10.5. The molecule has 0 saturated carbocycles. The summed E-state index contributed by atoms with van der Waals surface area (Å²) in [6.45, 7) is 13.7. The monoisotopic (exact) mass is 185 g/mol. The van der Waals surface area contributed by atoms with E-state index in [9.17, 15) is 0 Å². The summed E-state index contributed by atoms with van der Waals surface area (Å²) < 4.78 is 0. The Labute approximate surface area is 84.3 Å². The third-order valence-corrected chi connectivity index (χ3v) is 2.32. The van der Waals surface area contributed by atoms with E-state index in [1.165, 1.54) is 19.3 Å². The molecule has 0 amide bonds. The van der Waals surface area contributed by atoms with E-state index in [0.717, 1.165) is 5.92 Å². The standard InChI is InChI=1S/C12H27N/c1-7-8-11(4)9-12(5,6)13-10(2)3/h10-11,13H,7-9H2,1-6H3. The molecule has 0 bridgehead atoms. The Bertz CT molecular complexity index is 127. The largest absolute Gasteiger partial charge is 0.310 e. The number of hydrogen-bond donors (Lipinski definition) is 1. The van der Waals surface area contributed by atoms with Gasteiger partial charge in [-0.15, -0.1) is 0 Å². The van der Waals surface area contributed by atoms with Crippen molar-refractivity contribution in [1.29, 1.82) is 0 Å². The number of hydrogen-bond acceptors (Lipinski definition) is 1. The molecule has 0 spiro atoms. The van der Waals surface area contributed by atoms with E-state index >= 15 is 0 Å². The van der Waals surface area contributed by atoms with Crippen molar-refractivity contribution in [2.24, 2.45) is 5.92 Å². The van der Waals surface area contributed by atoms with Gasteiger partial charge in [-0.25, -0.2) is 0 Å². The maximum atomic E-state index is 3.61. The van der Waals surface area contributed by atoms with E-state index in [1.54, 1.807) is 0 Å². The lowest BCUT2D eigenvalue weighted by atomic mass is 9.88. The third-order valence-electron chi connectivity index (χ3n) is 2.32. The summed E-state index contributed by atoms with van der Waals surface area (Å²) in [6.07, 6.45) is 3.93. The molecule has 13 heavy (non-hydrogen) atoms. The van der Waals surface area contributed by atoms with E-state index in [1.807, 2.05) is 0 Å². The topological polar surface area (TPSA) is 12.0 Å². The van der Waals surface area contributed by atoms with Crippen LogP contribution in [0.1, 0.15) is 60.8 Å². The lowest BCUT2D eigenvalue weighted by Crippen LogP contribution is -2.44. The lowest BCUT2D eigenvalue weighted by molar-refractivity contribution is 0.279. The number of nitrogens with one attached hydrogen (secondary N) is 1. The van der Waals surface area contributed by atoms with Gasteiger partial charge in [-0.2, -0.15) is 0 Å². The Hall–Kier alpha value is -0.0400. The van der Waals surface area contributed by atoms with Gasteiger partial charge in [-0.1, -0.05) is 40.5 Å². The maximum Gasteiger partial charge on any atom is 0.0130 e. The van der Waals surface area contributed by atoms with Crippen LogP contribution in [0.5, 0.6) is 0 Å². The van der Waals surface area contributed by atoms with Crippen LogP contribution < -0.4 is 5.32 Å². The number of rotatable bonds is 6. The summed E-state index contributed by atoms with van der Waals surface area (Å²) in [5, 5.41) is 3.61. The van der Waals surface area contributed by atoms with Gasteiger partial charge >= 0.3 is 0 Å². The highest BCUT2D eigenvalue weighted by molar-refractivity contribution is 4.81. The van der Waals surface area contributed by atoms with Crippen LogP contribution in [0.25, 0.3) is 0 Å². The Morgan fingerprint density at radius 3 is 2.08 bits per heavy atom. The molecule has 1 atom stereocenters. The van der Waals surface area contributed by atoms with Gasteiger partial charge in [0.1, 0.15) is 0 Å². The molecule has 80 valence electrons. The molecule has 1 unspecified atom stereocenters. The zero-order valence-electron chi connectivity index (χ0n) is 10.3. The fourth-order valence-corrected chi connectivity index (χ4v) is 2.31. The maximum absolute atomic E-state index is 3.61. The molecular formula is C12H27N. The second-order valence-corrected chi connectivity index (χ2v) is 5.28. The van der Waals surface area contributed by atoms with Crippen molar-refractivity contribution in [3.8, 4) is 0 Å². The molecule has 0 heterocycles. The minimum absolute atomic E-state index is 0.294. The first-order valence-electron chi connectivity index (χ1n) is 5.65. The first-order chi connectivity index (χ1) is 5.87. The Kier molecular flexibility index (Phi) is 5.62. The van der Waals surface area contributed by atoms with E-state index in [4.69, 9.17) is 0 Å². The van der Waals surface area contributed by atoms with Crippen molar-refractivity contribution in [1.82, 2.24) is 5.32 Å². The van der Waals surface area contributed by atoms with E-state index < -0.39 is 0 Å². The normalized spacial score (nSPS) is 15.0. The van der Waals surface area contributed by atoms with Crippen LogP contribution in [0.4, 0.5) is 0 Å². The predicted octanol–water partition coefficient (Wildman–Crippen LogP) is 3.59. The molecule has 1 N–H and O–H groups in total. The first-order valence-corrected chi connectivity index (χ1v) is 5.65. The fraction of sp³-hybridized carbons (Fsp3) is 1.00. The lowest BCUT2D eigenvalue weighted by Gasteiger charge is -2.31. The second-order valence-electron chi connectivity index (χ2n) is 5.28. The second kappa shape index (κ2) is 5.64. The van der Waals surface area contributed by atoms with Crippen molar-refractivity contribution in [2.45, 2.75) is 72.4 Å². The van der Waals surface area contributed by atoms with Gasteiger partial charge in [0, 0.05) is 11.6 Å². The Balaban J connectivity index is 3.85. The minimum atomic E-state index is 0.294. The van der Waals surface area contributed by atoms with Crippen LogP contribution in [-0.4, -0.2) is 11.6 Å². The Morgan fingerprint density at radius 1 is 1.15 bits per heavy atom. The van der Waals surface area contributed by atoms with Crippen molar-refractivity contribution in [3.63, 3.8) is 0 Å². The smallest absolute Gasteiger partial charge is 0.0130 e. The highest BCUT2D eigenvalue weighted by Crippen LogP contribution is 2.20. The summed E-state index contributed by atoms with van der Waals surface area (Å²) in [7, 11) is 0. The zero-order valence-corrected chi connectivity index (χ0v) is 10.3. The molecule has 0 aromatic rings. The summed E-state index contributed by atoms with van der Waals surface area (Å²) in [6, 6.07) is 0.587. The summed E-state index contributed by atoms with van der Waals surface area (Å²) in [5.74, 6) is 0.839. The summed E-state index contributed by atoms with van der Waals surface area (Å²) in [5.41, 5.74) is 0.294. The van der Waals surface area contributed by atoms with Crippen molar-refractivity contribution >= 4 is 0 Å². The van der Waals surface area contributed by atoms with Gasteiger partial charge in [0.15, 0.2) is 0 Å². The minimum Gasteiger partial charge on any atom is -0.310 e. The molecule has 1 nitrogen and oxygen atoms in total. The Morgan fingerprint density at radius 2 is 1.69 bits per heavy atom. The van der Waals surface area contributed by atoms with Gasteiger partial charge in [0.05, 0.1) is 0 Å². The van der Waals surface area contributed by atoms with Gasteiger partial charge in [0.25, 0.3) is 0 Å². The van der Waals surface area contributed by atoms with E-state index in [0.29, 0.717) is 11.6 Å². The van der Waals surface area contributed by atoms with Crippen LogP contribution in [0.3, 0.4) is 0 Å². The van der Waals surface area contributed by atoms with Crippen LogP contribution in [0.15, 0.2) is 0 Å². The van der Waals surface area contributed by atoms with Gasteiger partial charge in [-0.3, -0.25) is 0 Å². The fourth-order valence-electron chi connectivity index (χ4n) is 2.31. The van der Waals surface area contributed by atoms with Crippen LogP contribution >= 0.6 is 0 Å². The predicted molar refractivity (Wildman–Crippen MR) is 61.0 cm³/mol. The third kappa shape index (κ3) is 7.06. The molecule has 0 radical (unpaired) electrons. The molecule has 0 aromatic heterocycles. The highest BCUT2D eigenvalue weighted by atomic mass is 15.0. The van der Waals surface area contributed by atoms with E-state index in [-0.39, 0.29) is 0 Å². The molecular weight excluding hydrogens is 158 g/mol. The summed E-state index contributed by atoms with van der Waals surface area (Å²) in [4.78, 5) is 0. The van der Waals surface area contributed by atoms with Crippen molar-refractivity contribution in [2.75, 3.05) is 0 Å². The molecule has 0 aliphatic carbocycles. The van der Waals surface area contributed by atoms with Crippen molar-refractivity contribution < 1.29 is 0 Å². The van der Waals surface area contributed by atoms with Gasteiger partial charge in [-0.05, 0) is 26.2 Å². The summed E-state index contributed by atoms with van der Waals surface area (Å²) >= 11 is 0. The van der Waals surface area contributed by atoms with Crippen LogP contribution in [-0.2, 0) is 0 Å². The molecule has 0 aliphatic heterocycles. The van der Waals surface area contributed by atoms with Crippen LogP contribution in [0.2, 0.25) is 0 Å². The highest BCUT2D eigenvalue weighted by Gasteiger charge is 2.20. The molecule has 0 aromatic carbocycles. The molecule has 0 aliphatic rings. The molecule has 0 fully saturated rings. The average Bonchev–Trinajstić information content (AvgIpc) is 1.81.